The van der Waals surface area contributed by atoms with Crippen LogP contribution in [0.3, 0.4) is 0 Å². The molecule has 7 rings (SSSR count). The minimum absolute atomic E-state index is 0.123. The molecule has 0 saturated carbocycles. The van der Waals surface area contributed by atoms with Crippen LogP contribution in [0.25, 0.3) is 66.2 Å². The summed E-state index contributed by atoms with van der Waals surface area (Å²) in [6.45, 7) is 0. The number of furan rings is 1. The Morgan fingerprint density at radius 3 is 1.74 bits per heavy atom. The standard InChI is InChI=1S/C35H19F6NO/c36-34(37,38)27-14-25(15-28(18-27)35(39,40)41)23-9-10-24-13-26(19-42-31(24)17-23)21-7-5-20(6-8-21)22-11-12-33-30(16-22)29-3-1-2-4-32(29)43-33/h1-19H. The van der Waals surface area contributed by atoms with Gasteiger partial charge in [0.2, 0.25) is 0 Å². The van der Waals surface area contributed by atoms with Crippen LogP contribution in [-0.4, -0.2) is 4.98 Å². The van der Waals surface area contributed by atoms with Gasteiger partial charge in [0, 0.05) is 27.9 Å². The molecular formula is C35H19F6NO. The summed E-state index contributed by atoms with van der Waals surface area (Å²) in [6.07, 6.45) is -8.20. The van der Waals surface area contributed by atoms with E-state index >= 15 is 0 Å². The van der Waals surface area contributed by atoms with Gasteiger partial charge in [-0.1, -0.05) is 60.7 Å². The second kappa shape index (κ2) is 9.73. The SMILES string of the molecule is FC(F)(F)c1cc(-c2ccc3cc(-c4ccc(-c5ccc6oc7ccccc7c6c5)cc4)cnc3c2)cc(C(F)(F)F)c1. The van der Waals surface area contributed by atoms with Crippen LogP contribution in [0.1, 0.15) is 11.1 Å². The van der Waals surface area contributed by atoms with E-state index in [1.54, 1.807) is 12.3 Å². The molecular weight excluding hydrogens is 564 g/mol. The molecule has 0 amide bonds. The molecule has 0 aliphatic rings. The van der Waals surface area contributed by atoms with Gasteiger partial charge in [-0.05, 0) is 76.3 Å². The zero-order valence-electron chi connectivity index (χ0n) is 22.1. The van der Waals surface area contributed by atoms with E-state index < -0.39 is 23.5 Å². The van der Waals surface area contributed by atoms with Crippen molar-refractivity contribution in [3.63, 3.8) is 0 Å². The number of halogens is 6. The van der Waals surface area contributed by atoms with Crippen molar-refractivity contribution in [2.24, 2.45) is 0 Å². The lowest BCUT2D eigenvalue weighted by molar-refractivity contribution is -0.143. The molecule has 0 bridgehead atoms. The largest absolute Gasteiger partial charge is 0.456 e. The smallest absolute Gasteiger partial charge is 0.416 e. The molecule has 0 spiro atoms. The van der Waals surface area contributed by atoms with Crippen LogP contribution in [0.4, 0.5) is 26.3 Å². The Kier molecular flexibility index (Phi) is 6.06. The van der Waals surface area contributed by atoms with Crippen molar-refractivity contribution in [3.8, 4) is 33.4 Å². The van der Waals surface area contributed by atoms with Crippen molar-refractivity contribution in [1.29, 1.82) is 0 Å². The average molecular weight is 584 g/mol. The van der Waals surface area contributed by atoms with E-state index in [4.69, 9.17) is 4.42 Å². The molecule has 2 aromatic heterocycles. The maximum Gasteiger partial charge on any atom is 0.416 e. The van der Waals surface area contributed by atoms with Gasteiger partial charge < -0.3 is 4.42 Å². The fourth-order valence-electron chi connectivity index (χ4n) is 5.34. The predicted octanol–water partition coefficient (Wildman–Crippen LogP) is 11.2. The molecule has 2 nitrogen and oxygen atoms in total. The third-order valence-electron chi connectivity index (χ3n) is 7.53. The lowest BCUT2D eigenvalue weighted by Crippen LogP contribution is -2.11. The maximum atomic E-state index is 13.4. The molecule has 0 unspecified atom stereocenters. The molecule has 0 aliphatic carbocycles. The maximum absolute atomic E-state index is 13.4. The molecule has 5 aromatic carbocycles. The highest BCUT2D eigenvalue weighted by Gasteiger charge is 2.37. The summed E-state index contributed by atoms with van der Waals surface area (Å²) in [5.74, 6) is 0. The minimum Gasteiger partial charge on any atom is -0.456 e. The third-order valence-corrected chi connectivity index (χ3v) is 7.53. The van der Waals surface area contributed by atoms with Gasteiger partial charge >= 0.3 is 12.4 Å². The summed E-state index contributed by atoms with van der Waals surface area (Å²) < 4.78 is 86.0. The number of rotatable bonds is 3. The first-order chi connectivity index (χ1) is 20.5. The van der Waals surface area contributed by atoms with Crippen molar-refractivity contribution in [1.82, 2.24) is 4.98 Å². The first-order valence-electron chi connectivity index (χ1n) is 13.2. The Morgan fingerprint density at radius 1 is 0.465 bits per heavy atom. The summed E-state index contributed by atoms with van der Waals surface area (Å²) in [5.41, 5.74) is 3.19. The molecule has 8 heteroatoms. The molecule has 0 fully saturated rings. The number of hydrogen-bond donors (Lipinski definition) is 0. The number of fused-ring (bicyclic) bond motifs is 4. The first kappa shape index (κ1) is 26.8. The highest BCUT2D eigenvalue weighted by atomic mass is 19.4. The van der Waals surface area contributed by atoms with Crippen LogP contribution >= 0.6 is 0 Å². The molecule has 0 N–H and O–H groups in total. The van der Waals surface area contributed by atoms with Crippen LogP contribution < -0.4 is 0 Å². The monoisotopic (exact) mass is 583 g/mol. The van der Waals surface area contributed by atoms with Crippen molar-refractivity contribution in [2.75, 3.05) is 0 Å². The van der Waals surface area contributed by atoms with E-state index in [0.717, 1.165) is 56.3 Å². The van der Waals surface area contributed by atoms with Gasteiger partial charge in [-0.15, -0.1) is 0 Å². The van der Waals surface area contributed by atoms with Gasteiger partial charge in [0.25, 0.3) is 0 Å². The normalized spacial score (nSPS) is 12.4. The fourth-order valence-corrected chi connectivity index (χ4v) is 5.34. The van der Waals surface area contributed by atoms with E-state index in [1.807, 2.05) is 66.7 Å². The number of pyridine rings is 1. The van der Waals surface area contributed by atoms with E-state index in [2.05, 4.69) is 11.1 Å². The van der Waals surface area contributed by atoms with Gasteiger partial charge in [-0.25, -0.2) is 0 Å². The van der Waals surface area contributed by atoms with Crippen molar-refractivity contribution >= 4 is 32.8 Å². The highest BCUT2D eigenvalue weighted by molar-refractivity contribution is 6.06. The molecule has 2 heterocycles. The minimum atomic E-state index is -4.92. The van der Waals surface area contributed by atoms with Gasteiger partial charge in [0.15, 0.2) is 0 Å². The summed E-state index contributed by atoms with van der Waals surface area (Å²) >= 11 is 0. The Labute approximate surface area is 240 Å². The topological polar surface area (TPSA) is 26.0 Å². The van der Waals surface area contributed by atoms with Crippen LogP contribution in [0, 0.1) is 0 Å². The van der Waals surface area contributed by atoms with Crippen LogP contribution in [-0.2, 0) is 12.4 Å². The average Bonchev–Trinajstić information content (AvgIpc) is 3.37. The summed E-state index contributed by atoms with van der Waals surface area (Å²) in [4.78, 5) is 4.47. The quantitative estimate of drug-likeness (QED) is 0.193. The van der Waals surface area contributed by atoms with Crippen LogP contribution in [0.15, 0.2) is 120 Å². The van der Waals surface area contributed by atoms with E-state index in [1.165, 1.54) is 12.1 Å². The fraction of sp³-hybridized carbons (Fsp3) is 0.0571. The Bertz CT molecular complexity index is 2130. The first-order valence-corrected chi connectivity index (χ1v) is 13.2. The number of nitrogens with zero attached hydrogens (tertiary/aromatic N) is 1. The predicted molar refractivity (Wildman–Crippen MR) is 155 cm³/mol. The number of aromatic nitrogens is 1. The van der Waals surface area contributed by atoms with Crippen LogP contribution in [0.5, 0.6) is 0 Å². The molecule has 0 atom stereocenters. The lowest BCUT2D eigenvalue weighted by atomic mass is 9.97. The third kappa shape index (κ3) is 4.99. The second-order valence-electron chi connectivity index (χ2n) is 10.3. The van der Waals surface area contributed by atoms with Crippen molar-refractivity contribution in [2.45, 2.75) is 12.4 Å². The molecule has 0 aliphatic heterocycles. The number of alkyl halides is 6. The zero-order valence-corrected chi connectivity index (χ0v) is 22.1. The molecule has 43 heavy (non-hydrogen) atoms. The molecule has 0 saturated heterocycles. The summed E-state index contributed by atoms with van der Waals surface area (Å²) in [5, 5.41) is 2.79. The van der Waals surface area contributed by atoms with E-state index in [0.29, 0.717) is 10.9 Å². The summed E-state index contributed by atoms with van der Waals surface area (Å²) in [7, 11) is 0. The van der Waals surface area contributed by atoms with Crippen molar-refractivity contribution < 1.29 is 30.8 Å². The Hall–Kier alpha value is -5.11. The van der Waals surface area contributed by atoms with Gasteiger partial charge in [-0.3, -0.25) is 4.98 Å². The van der Waals surface area contributed by atoms with Gasteiger partial charge in [0.1, 0.15) is 11.2 Å². The Balaban J connectivity index is 1.20. The molecule has 0 radical (unpaired) electrons. The van der Waals surface area contributed by atoms with Gasteiger partial charge in [-0.2, -0.15) is 26.3 Å². The van der Waals surface area contributed by atoms with E-state index in [9.17, 15) is 26.3 Å². The van der Waals surface area contributed by atoms with E-state index in [-0.39, 0.29) is 17.2 Å². The summed E-state index contributed by atoms with van der Waals surface area (Å²) in [6, 6.07) is 30.0. The zero-order chi connectivity index (χ0) is 29.9. The highest BCUT2D eigenvalue weighted by Crippen LogP contribution is 2.39. The Morgan fingerprint density at radius 2 is 1.05 bits per heavy atom. The van der Waals surface area contributed by atoms with Crippen molar-refractivity contribution in [3.05, 3.63) is 127 Å². The number of para-hydroxylation sites is 1. The van der Waals surface area contributed by atoms with Gasteiger partial charge in [0.05, 0.1) is 16.6 Å². The number of hydrogen-bond acceptors (Lipinski definition) is 2. The number of benzene rings is 5. The van der Waals surface area contributed by atoms with Crippen LogP contribution in [0.2, 0.25) is 0 Å². The second-order valence-corrected chi connectivity index (χ2v) is 10.3. The molecule has 7 aromatic rings. The lowest BCUT2D eigenvalue weighted by Gasteiger charge is -2.14. The molecule has 212 valence electrons.